The van der Waals surface area contributed by atoms with Gasteiger partial charge in [-0.2, -0.15) is 5.26 Å². The number of nitriles is 1. The molecule has 20 heavy (non-hydrogen) atoms. The second-order valence-electron chi connectivity index (χ2n) is 4.41. The van der Waals surface area contributed by atoms with Crippen molar-refractivity contribution in [1.29, 1.82) is 5.26 Å². The molecule has 0 bridgehead atoms. The van der Waals surface area contributed by atoms with E-state index in [0.717, 1.165) is 12.2 Å². The number of para-hydroxylation sites is 1. The summed E-state index contributed by atoms with van der Waals surface area (Å²) in [5.74, 6) is 1.17. The molecule has 1 aromatic heterocycles. The van der Waals surface area contributed by atoms with Crippen LogP contribution in [0.3, 0.4) is 0 Å². The van der Waals surface area contributed by atoms with Crippen molar-refractivity contribution in [2.45, 2.75) is 19.9 Å². The molecule has 0 fully saturated rings. The summed E-state index contributed by atoms with van der Waals surface area (Å²) < 4.78 is 5.69. The topological polar surface area (TPSA) is 57.9 Å². The van der Waals surface area contributed by atoms with Crippen molar-refractivity contribution in [2.24, 2.45) is 0 Å². The molecule has 1 N–H and O–H groups in total. The monoisotopic (exact) mass is 267 g/mol. The van der Waals surface area contributed by atoms with Gasteiger partial charge in [0.25, 0.3) is 0 Å². The molecule has 0 radical (unpaired) electrons. The average molecular weight is 267 g/mol. The third kappa shape index (κ3) is 3.34. The molecule has 2 aromatic rings. The Labute approximate surface area is 119 Å². The van der Waals surface area contributed by atoms with Gasteiger partial charge in [0.15, 0.2) is 0 Å². The molecule has 0 aliphatic heterocycles. The maximum Gasteiger partial charge on any atom is 0.145 e. The molecule has 0 spiro atoms. The van der Waals surface area contributed by atoms with E-state index in [2.05, 4.69) is 30.2 Å². The number of ether oxygens (including phenoxy) is 1. The molecule has 0 amide bonds. The zero-order valence-electron chi connectivity index (χ0n) is 11.6. The normalized spacial score (nSPS) is 11.7. The predicted octanol–water partition coefficient (Wildman–Crippen LogP) is 3.42. The van der Waals surface area contributed by atoms with Gasteiger partial charge in [0.1, 0.15) is 17.6 Å². The second-order valence-corrected chi connectivity index (χ2v) is 4.41. The first kappa shape index (κ1) is 14.0. The molecular weight excluding hydrogens is 250 g/mol. The summed E-state index contributed by atoms with van der Waals surface area (Å²) >= 11 is 0. The number of nitrogens with zero attached hydrogens (tertiary/aromatic N) is 2. The van der Waals surface area contributed by atoms with Crippen LogP contribution in [-0.2, 0) is 0 Å². The van der Waals surface area contributed by atoms with Crippen molar-refractivity contribution in [3.63, 3.8) is 0 Å². The Morgan fingerprint density at radius 3 is 2.75 bits per heavy atom. The van der Waals surface area contributed by atoms with Gasteiger partial charge in [-0.3, -0.25) is 4.98 Å². The lowest BCUT2D eigenvalue weighted by molar-refractivity contribution is 0.476. The highest BCUT2D eigenvalue weighted by molar-refractivity contribution is 5.44. The van der Waals surface area contributed by atoms with E-state index in [1.165, 1.54) is 0 Å². The van der Waals surface area contributed by atoms with E-state index < -0.39 is 0 Å². The van der Waals surface area contributed by atoms with Crippen LogP contribution in [0.1, 0.15) is 31.1 Å². The van der Waals surface area contributed by atoms with Crippen LogP contribution in [0.5, 0.6) is 11.5 Å². The number of rotatable bonds is 5. The maximum atomic E-state index is 9.02. The standard InChI is InChI=1S/C16H17N3O/c1-3-18-12(2)15-9-8-14(11-19-15)20-16-7-5-4-6-13(16)10-17/h4-9,11-12,18H,3H2,1-2H3. The smallest absolute Gasteiger partial charge is 0.145 e. The largest absolute Gasteiger partial charge is 0.454 e. The van der Waals surface area contributed by atoms with E-state index in [9.17, 15) is 0 Å². The van der Waals surface area contributed by atoms with E-state index >= 15 is 0 Å². The van der Waals surface area contributed by atoms with Crippen molar-refractivity contribution < 1.29 is 4.74 Å². The van der Waals surface area contributed by atoms with Gasteiger partial charge in [-0.15, -0.1) is 0 Å². The fourth-order valence-electron chi connectivity index (χ4n) is 1.89. The fraction of sp³-hybridized carbons (Fsp3) is 0.250. The Kier molecular flexibility index (Phi) is 4.70. The Balaban J connectivity index is 2.13. The summed E-state index contributed by atoms with van der Waals surface area (Å²) in [6.07, 6.45) is 1.68. The zero-order valence-corrected chi connectivity index (χ0v) is 11.6. The molecule has 1 unspecified atom stereocenters. The zero-order chi connectivity index (χ0) is 14.4. The molecule has 0 saturated carbocycles. The lowest BCUT2D eigenvalue weighted by atomic mass is 10.2. The summed E-state index contributed by atoms with van der Waals surface area (Å²) in [5.41, 5.74) is 1.48. The first-order valence-corrected chi connectivity index (χ1v) is 6.61. The molecule has 2 rings (SSSR count). The SMILES string of the molecule is CCNC(C)c1ccc(Oc2ccccc2C#N)cn1. The van der Waals surface area contributed by atoms with Gasteiger partial charge < -0.3 is 10.1 Å². The van der Waals surface area contributed by atoms with Gasteiger partial charge in [0, 0.05) is 6.04 Å². The van der Waals surface area contributed by atoms with Crippen LogP contribution in [0.15, 0.2) is 42.6 Å². The summed E-state index contributed by atoms with van der Waals surface area (Å²) in [6.45, 7) is 5.03. The van der Waals surface area contributed by atoms with Crippen molar-refractivity contribution in [1.82, 2.24) is 10.3 Å². The summed E-state index contributed by atoms with van der Waals surface area (Å²) in [5, 5.41) is 12.3. The maximum absolute atomic E-state index is 9.02. The Morgan fingerprint density at radius 2 is 2.10 bits per heavy atom. The quantitative estimate of drug-likeness (QED) is 0.901. The van der Waals surface area contributed by atoms with E-state index in [-0.39, 0.29) is 6.04 Å². The number of nitrogens with one attached hydrogen (secondary N) is 1. The van der Waals surface area contributed by atoms with Crippen LogP contribution in [0.2, 0.25) is 0 Å². The molecule has 4 nitrogen and oxygen atoms in total. The van der Waals surface area contributed by atoms with Crippen LogP contribution in [0.25, 0.3) is 0 Å². The Hall–Kier alpha value is -2.38. The molecule has 1 aromatic carbocycles. The number of aromatic nitrogens is 1. The minimum atomic E-state index is 0.209. The van der Waals surface area contributed by atoms with Crippen molar-refractivity contribution in [3.05, 3.63) is 53.9 Å². The van der Waals surface area contributed by atoms with E-state index in [4.69, 9.17) is 10.00 Å². The van der Waals surface area contributed by atoms with Gasteiger partial charge in [0.05, 0.1) is 17.5 Å². The third-order valence-electron chi connectivity index (χ3n) is 2.95. The van der Waals surface area contributed by atoms with E-state index in [1.807, 2.05) is 24.3 Å². The molecule has 1 heterocycles. The van der Waals surface area contributed by atoms with Gasteiger partial charge in [0.2, 0.25) is 0 Å². The highest BCUT2D eigenvalue weighted by atomic mass is 16.5. The van der Waals surface area contributed by atoms with Gasteiger partial charge >= 0.3 is 0 Å². The number of hydrogen-bond acceptors (Lipinski definition) is 4. The van der Waals surface area contributed by atoms with Crippen LogP contribution >= 0.6 is 0 Å². The van der Waals surface area contributed by atoms with Crippen LogP contribution in [0, 0.1) is 11.3 Å². The number of benzene rings is 1. The molecule has 4 heteroatoms. The highest BCUT2D eigenvalue weighted by Gasteiger charge is 2.07. The predicted molar refractivity (Wildman–Crippen MR) is 77.6 cm³/mol. The third-order valence-corrected chi connectivity index (χ3v) is 2.95. The second kappa shape index (κ2) is 6.69. The van der Waals surface area contributed by atoms with Crippen LogP contribution in [0.4, 0.5) is 0 Å². The lowest BCUT2D eigenvalue weighted by Gasteiger charge is -2.12. The summed E-state index contributed by atoms with van der Waals surface area (Å²) in [7, 11) is 0. The Bertz CT molecular complexity index is 602. The summed E-state index contributed by atoms with van der Waals surface area (Å²) in [4.78, 5) is 4.38. The van der Waals surface area contributed by atoms with Gasteiger partial charge in [-0.25, -0.2) is 0 Å². The van der Waals surface area contributed by atoms with Crippen molar-refractivity contribution >= 4 is 0 Å². The van der Waals surface area contributed by atoms with E-state index in [0.29, 0.717) is 17.1 Å². The number of hydrogen-bond donors (Lipinski definition) is 1. The average Bonchev–Trinajstić information content (AvgIpc) is 2.49. The van der Waals surface area contributed by atoms with Gasteiger partial charge in [-0.05, 0) is 37.7 Å². The number of pyridine rings is 1. The molecular formula is C16H17N3O. The highest BCUT2D eigenvalue weighted by Crippen LogP contribution is 2.24. The molecule has 0 aliphatic carbocycles. The minimum absolute atomic E-state index is 0.209. The minimum Gasteiger partial charge on any atom is -0.454 e. The van der Waals surface area contributed by atoms with Crippen LogP contribution in [-0.4, -0.2) is 11.5 Å². The lowest BCUT2D eigenvalue weighted by Crippen LogP contribution is -2.18. The van der Waals surface area contributed by atoms with Gasteiger partial charge in [-0.1, -0.05) is 19.1 Å². The molecule has 1 atom stereocenters. The van der Waals surface area contributed by atoms with Crippen molar-refractivity contribution in [2.75, 3.05) is 6.54 Å². The van der Waals surface area contributed by atoms with Crippen LogP contribution < -0.4 is 10.1 Å². The summed E-state index contributed by atoms with van der Waals surface area (Å²) in [6, 6.07) is 13.3. The first-order valence-electron chi connectivity index (χ1n) is 6.61. The molecule has 0 saturated heterocycles. The van der Waals surface area contributed by atoms with E-state index in [1.54, 1.807) is 18.3 Å². The Morgan fingerprint density at radius 1 is 1.30 bits per heavy atom. The molecule has 0 aliphatic rings. The fourth-order valence-corrected chi connectivity index (χ4v) is 1.89. The molecule has 102 valence electrons. The van der Waals surface area contributed by atoms with Crippen molar-refractivity contribution in [3.8, 4) is 17.6 Å². The first-order chi connectivity index (χ1) is 9.74.